The summed E-state index contributed by atoms with van der Waals surface area (Å²) in [6.07, 6.45) is 1.64. The fourth-order valence-electron chi connectivity index (χ4n) is 2.65. The second-order valence-corrected chi connectivity index (χ2v) is 6.16. The van der Waals surface area contributed by atoms with Gasteiger partial charge in [-0.2, -0.15) is 0 Å². The summed E-state index contributed by atoms with van der Waals surface area (Å²) in [5.41, 5.74) is 2.58. The lowest BCUT2D eigenvalue weighted by Crippen LogP contribution is -2.24. The van der Waals surface area contributed by atoms with Gasteiger partial charge in [-0.05, 0) is 55.7 Å². The van der Waals surface area contributed by atoms with Gasteiger partial charge in [0.15, 0.2) is 5.76 Å². The Balaban J connectivity index is 1.59. The molecule has 124 valence electrons. The summed E-state index contributed by atoms with van der Waals surface area (Å²) >= 11 is 5.99. The van der Waals surface area contributed by atoms with Crippen molar-refractivity contribution < 1.29 is 14.3 Å². The van der Waals surface area contributed by atoms with E-state index < -0.39 is 0 Å². The molecule has 0 atom stereocenters. The Hall–Kier alpha value is -2.46. The molecule has 3 aromatic rings. The molecule has 4 nitrogen and oxygen atoms in total. The molecule has 0 fully saturated rings. The van der Waals surface area contributed by atoms with Crippen molar-refractivity contribution in [2.75, 3.05) is 6.54 Å². The highest BCUT2D eigenvalue weighted by Gasteiger charge is 2.17. The molecule has 0 aliphatic rings. The summed E-state index contributed by atoms with van der Waals surface area (Å²) in [6.45, 7) is 2.41. The van der Waals surface area contributed by atoms with Gasteiger partial charge in [0.2, 0.25) is 0 Å². The van der Waals surface area contributed by atoms with Gasteiger partial charge in [0.05, 0.1) is 0 Å². The molecular formula is C19H18ClNO3. The molecule has 0 radical (unpaired) electrons. The average molecular weight is 344 g/mol. The first kappa shape index (κ1) is 16.4. The number of nitrogens with one attached hydrogen (secondary N) is 1. The van der Waals surface area contributed by atoms with Crippen LogP contribution >= 0.6 is 11.6 Å². The van der Waals surface area contributed by atoms with E-state index in [0.29, 0.717) is 22.9 Å². The van der Waals surface area contributed by atoms with Gasteiger partial charge in [0.25, 0.3) is 5.91 Å². The molecule has 0 saturated heterocycles. The Morgan fingerprint density at radius 2 is 1.96 bits per heavy atom. The molecule has 3 rings (SSSR count). The molecule has 2 aromatic carbocycles. The molecule has 2 N–H and O–H groups in total. The third-order valence-electron chi connectivity index (χ3n) is 3.97. The number of aryl methyl sites for hydroxylation is 2. The number of amides is 1. The summed E-state index contributed by atoms with van der Waals surface area (Å²) in [7, 11) is 0. The van der Waals surface area contributed by atoms with Crippen LogP contribution in [0.4, 0.5) is 0 Å². The summed E-state index contributed by atoms with van der Waals surface area (Å²) in [5, 5.41) is 13.6. The van der Waals surface area contributed by atoms with Gasteiger partial charge in [0, 0.05) is 22.5 Å². The molecule has 0 spiro atoms. The van der Waals surface area contributed by atoms with E-state index in [4.69, 9.17) is 16.0 Å². The number of phenols is 1. The van der Waals surface area contributed by atoms with Crippen LogP contribution < -0.4 is 5.32 Å². The lowest BCUT2D eigenvalue weighted by atomic mass is 10.1. The molecule has 0 aliphatic heterocycles. The van der Waals surface area contributed by atoms with Crippen molar-refractivity contribution in [2.45, 2.75) is 19.8 Å². The highest BCUT2D eigenvalue weighted by Crippen LogP contribution is 2.27. The normalized spacial score (nSPS) is 10.9. The van der Waals surface area contributed by atoms with Crippen molar-refractivity contribution in [3.05, 3.63) is 64.4 Å². The van der Waals surface area contributed by atoms with Gasteiger partial charge >= 0.3 is 0 Å². The van der Waals surface area contributed by atoms with E-state index in [1.165, 1.54) is 0 Å². The fraction of sp³-hybridized carbons (Fsp3) is 0.211. The molecule has 1 aromatic heterocycles. The number of hydrogen-bond acceptors (Lipinski definition) is 3. The van der Waals surface area contributed by atoms with Crippen LogP contribution in [0.25, 0.3) is 11.0 Å². The molecule has 1 heterocycles. The standard InChI is InChI=1S/C19H18ClNO3/c1-12-16-11-14(20)6-9-17(16)24-18(12)19(23)21-10-2-3-13-4-7-15(22)8-5-13/h4-9,11,22H,2-3,10H2,1H3,(H,21,23). The molecule has 24 heavy (non-hydrogen) atoms. The topological polar surface area (TPSA) is 62.5 Å². The molecule has 1 amide bonds. The second kappa shape index (κ2) is 6.97. The number of halogens is 1. The second-order valence-electron chi connectivity index (χ2n) is 5.72. The number of fused-ring (bicyclic) bond motifs is 1. The lowest BCUT2D eigenvalue weighted by molar-refractivity contribution is 0.0927. The van der Waals surface area contributed by atoms with E-state index in [-0.39, 0.29) is 11.7 Å². The zero-order chi connectivity index (χ0) is 17.1. The fourth-order valence-corrected chi connectivity index (χ4v) is 2.82. The highest BCUT2D eigenvalue weighted by molar-refractivity contribution is 6.31. The predicted molar refractivity (Wildman–Crippen MR) is 94.7 cm³/mol. The molecule has 0 aliphatic carbocycles. The van der Waals surface area contributed by atoms with Gasteiger partial charge in [0.1, 0.15) is 11.3 Å². The van der Waals surface area contributed by atoms with Gasteiger partial charge in [-0.25, -0.2) is 0 Å². The van der Waals surface area contributed by atoms with E-state index >= 15 is 0 Å². The molecular weight excluding hydrogens is 326 g/mol. The Labute approximate surface area is 145 Å². The SMILES string of the molecule is Cc1c(C(=O)NCCCc2ccc(O)cc2)oc2ccc(Cl)cc12. The molecule has 5 heteroatoms. The van der Waals surface area contributed by atoms with Gasteiger partial charge in [-0.1, -0.05) is 23.7 Å². The van der Waals surface area contributed by atoms with Crippen LogP contribution in [0.2, 0.25) is 5.02 Å². The minimum atomic E-state index is -0.217. The first-order valence-corrected chi connectivity index (χ1v) is 8.17. The molecule has 0 saturated carbocycles. The highest BCUT2D eigenvalue weighted by atomic mass is 35.5. The summed E-state index contributed by atoms with van der Waals surface area (Å²) < 4.78 is 5.65. The van der Waals surface area contributed by atoms with Crippen LogP contribution in [-0.2, 0) is 6.42 Å². The smallest absolute Gasteiger partial charge is 0.287 e. The third kappa shape index (κ3) is 3.54. The Morgan fingerprint density at radius 1 is 1.21 bits per heavy atom. The minimum absolute atomic E-state index is 0.217. The Bertz CT molecular complexity index is 868. The zero-order valence-electron chi connectivity index (χ0n) is 13.3. The summed E-state index contributed by atoms with van der Waals surface area (Å²) in [6, 6.07) is 12.4. The van der Waals surface area contributed by atoms with Crippen LogP contribution in [-0.4, -0.2) is 17.6 Å². The van der Waals surface area contributed by atoms with Crippen LogP contribution in [0.1, 0.15) is 28.1 Å². The van der Waals surface area contributed by atoms with Crippen molar-refractivity contribution in [3.8, 4) is 5.75 Å². The number of hydrogen-bond donors (Lipinski definition) is 2. The number of carbonyl (C=O) groups is 1. The average Bonchev–Trinajstić information content (AvgIpc) is 2.90. The quantitative estimate of drug-likeness (QED) is 0.672. The van der Waals surface area contributed by atoms with Gasteiger partial charge in [-0.3, -0.25) is 4.79 Å². The first-order valence-electron chi connectivity index (χ1n) is 7.79. The van der Waals surface area contributed by atoms with Crippen LogP contribution in [0.3, 0.4) is 0 Å². The van der Waals surface area contributed by atoms with E-state index in [0.717, 1.165) is 29.4 Å². The predicted octanol–water partition coefficient (Wildman–Crippen LogP) is 4.46. The van der Waals surface area contributed by atoms with E-state index in [1.807, 2.05) is 19.1 Å². The zero-order valence-corrected chi connectivity index (χ0v) is 14.1. The van der Waals surface area contributed by atoms with Crippen LogP contribution in [0, 0.1) is 6.92 Å². The van der Waals surface area contributed by atoms with Crippen LogP contribution in [0.15, 0.2) is 46.9 Å². The number of carbonyl (C=O) groups excluding carboxylic acids is 1. The summed E-state index contributed by atoms with van der Waals surface area (Å²) in [4.78, 5) is 12.3. The van der Waals surface area contributed by atoms with Crippen molar-refractivity contribution in [1.29, 1.82) is 0 Å². The van der Waals surface area contributed by atoms with E-state index in [9.17, 15) is 9.90 Å². The maximum Gasteiger partial charge on any atom is 0.287 e. The minimum Gasteiger partial charge on any atom is -0.508 e. The first-order chi connectivity index (χ1) is 11.5. The van der Waals surface area contributed by atoms with E-state index in [2.05, 4.69) is 5.32 Å². The van der Waals surface area contributed by atoms with Crippen molar-refractivity contribution >= 4 is 28.5 Å². The Kier molecular flexibility index (Phi) is 4.76. The van der Waals surface area contributed by atoms with Crippen LogP contribution in [0.5, 0.6) is 5.75 Å². The Morgan fingerprint density at radius 3 is 2.71 bits per heavy atom. The monoisotopic (exact) mass is 343 g/mol. The molecule has 0 bridgehead atoms. The third-order valence-corrected chi connectivity index (χ3v) is 4.20. The van der Waals surface area contributed by atoms with Gasteiger partial charge in [-0.15, -0.1) is 0 Å². The number of benzene rings is 2. The number of phenolic OH excluding ortho intramolecular Hbond substituents is 1. The van der Waals surface area contributed by atoms with Crippen molar-refractivity contribution in [3.63, 3.8) is 0 Å². The maximum absolute atomic E-state index is 12.3. The largest absolute Gasteiger partial charge is 0.508 e. The lowest BCUT2D eigenvalue weighted by Gasteiger charge is -2.04. The maximum atomic E-state index is 12.3. The number of aromatic hydroxyl groups is 1. The number of rotatable bonds is 5. The molecule has 0 unspecified atom stereocenters. The summed E-state index contributed by atoms with van der Waals surface area (Å²) in [5.74, 6) is 0.370. The van der Waals surface area contributed by atoms with Crippen molar-refractivity contribution in [2.24, 2.45) is 0 Å². The van der Waals surface area contributed by atoms with Crippen molar-refractivity contribution in [1.82, 2.24) is 5.32 Å². The van der Waals surface area contributed by atoms with Gasteiger partial charge < -0.3 is 14.8 Å². The number of furan rings is 1. The van der Waals surface area contributed by atoms with E-state index in [1.54, 1.807) is 30.3 Å².